The third kappa shape index (κ3) is 3.47. The Morgan fingerprint density at radius 2 is 2.00 bits per heavy atom. The molecule has 1 heterocycles. The maximum Gasteiger partial charge on any atom is 0.255 e. The maximum atomic E-state index is 12.2. The lowest BCUT2D eigenvalue weighted by molar-refractivity contribution is -0.119. The summed E-state index contributed by atoms with van der Waals surface area (Å²) >= 11 is 0. The highest BCUT2D eigenvalue weighted by Gasteiger charge is 2.14. The molecule has 0 spiro atoms. The van der Waals surface area contributed by atoms with Gasteiger partial charge in [0, 0.05) is 27.2 Å². The van der Waals surface area contributed by atoms with E-state index in [4.69, 9.17) is 0 Å². The first kappa shape index (κ1) is 14.8. The van der Waals surface area contributed by atoms with Gasteiger partial charge >= 0.3 is 0 Å². The predicted molar refractivity (Wildman–Crippen MR) is 79.1 cm³/mol. The molecule has 21 heavy (non-hydrogen) atoms. The van der Waals surface area contributed by atoms with Crippen molar-refractivity contribution in [3.05, 3.63) is 48.0 Å². The van der Waals surface area contributed by atoms with Gasteiger partial charge in [-0.3, -0.25) is 9.59 Å². The van der Waals surface area contributed by atoms with Crippen LogP contribution in [0.25, 0.3) is 5.69 Å². The van der Waals surface area contributed by atoms with E-state index in [2.05, 4.69) is 10.3 Å². The average Bonchev–Trinajstić information content (AvgIpc) is 2.93. The van der Waals surface area contributed by atoms with Crippen molar-refractivity contribution >= 4 is 11.8 Å². The third-order valence-corrected chi connectivity index (χ3v) is 2.97. The highest BCUT2D eigenvalue weighted by atomic mass is 16.2. The number of carbonyl (C=O) groups is 2. The lowest BCUT2D eigenvalue weighted by atomic mass is 10.1. The second-order valence-corrected chi connectivity index (χ2v) is 4.90. The van der Waals surface area contributed by atoms with Gasteiger partial charge in [0.2, 0.25) is 5.91 Å². The smallest absolute Gasteiger partial charge is 0.255 e. The van der Waals surface area contributed by atoms with Crippen LogP contribution in [0, 0.1) is 0 Å². The molecule has 1 aromatic carbocycles. The quantitative estimate of drug-likeness (QED) is 0.918. The summed E-state index contributed by atoms with van der Waals surface area (Å²) in [4.78, 5) is 28.9. The Morgan fingerprint density at radius 3 is 2.67 bits per heavy atom. The number of aromatic nitrogens is 2. The zero-order valence-electron chi connectivity index (χ0n) is 12.3. The molecule has 0 fully saturated rings. The number of hydrogen-bond acceptors (Lipinski definition) is 3. The van der Waals surface area contributed by atoms with Crippen molar-refractivity contribution in [1.82, 2.24) is 19.8 Å². The van der Waals surface area contributed by atoms with Crippen LogP contribution in [0.5, 0.6) is 0 Å². The van der Waals surface area contributed by atoms with Crippen molar-refractivity contribution < 1.29 is 9.59 Å². The number of nitrogens with one attached hydrogen (secondary N) is 1. The van der Waals surface area contributed by atoms with E-state index in [1.165, 1.54) is 11.8 Å². The standard InChI is InChI=1S/C15H18N4O2/c1-11(20)16-8-12-9-19(10-17-12)14-7-5-4-6-13(14)15(21)18(2)3/h4-7,9-10H,8H2,1-3H3,(H,16,20). The van der Waals surface area contributed by atoms with E-state index >= 15 is 0 Å². The normalized spacial score (nSPS) is 10.2. The number of rotatable bonds is 4. The number of nitrogens with zero attached hydrogens (tertiary/aromatic N) is 3. The molecule has 110 valence electrons. The van der Waals surface area contributed by atoms with Gasteiger partial charge in [-0.05, 0) is 12.1 Å². The van der Waals surface area contributed by atoms with E-state index in [-0.39, 0.29) is 11.8 Å². The van der Waals surface area contributed by atoms with Crippen LogP contribution >= 0.6 is 0 Å². The van der Waals surface area contributed by atoms with Crippen LogP contribution in [-0.2, 0) is 11.3 Å². The number of para-hydroxylation sites is 1. The number of benzene rings is 1. The van der Waals surface area contributed by atoms with E-state index in [0.29, 0.717) is 12.1 Å². The van der Waals surface area contributed by atoms with E-state index in [0.717, 1.165) is 11.4 Å². The molecule has 0 saturated carbocycles. The molecule has 0 aliphatic carbocycles. The number of hydrogen-bond donors (Lipinski definition) is 1. The van der Waals surface area contributed by atoms with E-state index in [1.54, 1.807) is 37.3 Å². The summed E-state index contributed by atoms with van der Waals surface area (Å²) in [5.41, 5.74) is 2.10. The fourth-order valence-corrected chi connectivity index (χ4v) is 1.92. The fraction of sp³-hybridized carbons (Fsp3) is 0.267. The summed E-state index contributed by atoms with van der Waals surface area (Å²) in [5, 5.41) is 2.69. The molecule has 0 aliphatic heterocycles. The average molecular weight is 286 g/mol. The largest absolute Gasteiger partial charge is 0.351 e. The summed E-state index contributed by atoms with van der Waals surface area (Å²) in [7, 11) is 3.43. The molecule has 0 unspecified atom stereocenters. The summed E-state index contributed by atoms with van der Waals surface area (Å²) < 4.78 is 1.79. The minimum absolute atomic E-state index is 0.0669. The Labute approximate surface area is 123 Å². The van der Waals surface area contributed by atoms with Crippen LogP contribution in [0.4, 0.5) is 0 Å². The van der Waals surface area contributed by atoms with Gasteiger partial charge in [-0.25, -0.2) is 4.98 Å². The first-order valence-electron chi connectivity index (χ1n) is 6.57. The van der Waals surface area contributed by atoms with E-state index < -0.39 is 0 Å². The van der Waals surface area contributed by atoms with Crippen LogP contribution in [0.15, 0.2) is 36.8 Å². The molecule has 0 saturated heterocycles. The van der Waals surface area contributed by atoms with Crippen molar-refractivity contribution in [2.75, 3.05) is 14.1 Å². The highest BCUT2D eigenvalue weighted by molar-refractivity contribution is 5.97. The second kappa shape index (κ2) is 6.21. The Bertz CT molecular complexity index is 661. The summed E-state index contributed by atoms with van der Waals surface area (Å²) in [5.74, 6) is -0.171. The number of imidazole rings is 1. The van der Waals surface area contributed by atoms with Gasteiger partial charge in [0.25, 0.3) is 5.91 Å². The lowest BCUT2D eigenvalue weighted by Crippen LogP contribution is -2.23. The summed E-state index contributed by atoms with van der Waals surface area (Å²) in [6.07, 6.45) is 3.44. The SMILES string of the molecule is CC(=O)NCc1cn(-c2ccccc2C(=O)N(C)C)cn1. The lowest BCUT2D eigenvalue weighted by Gasteiger charge is -2.14. The number of amides is 2. The van der Waals surface area contributed by atoms with Crippen molar-refractivity contribution in [3.63, 3.8) is 0 Å². The molecule has 2 amide bonds. The van der Waals surface area contributed by atoms with Gasteiger partial charge in [0.05, 0.1) is 29.8 Å². The second-order valence-electron chi connectivity index (χ2n) is 4.90. The molecule has 1 N–H and O–H groups in total. The van der Waals surface area contributed by atoms with Gasteiger partial charge in [-0.1, -0.05) is 12.1 Å². The molecule has 6 nitrogen and oxygen atoms in total. The third-order valence-electron chi connectivity index (χ3n) is 2.97. The van der Waals surface area contributed by atoms with Crippen molar-refractivity contribution in [1.29, 1.82) is 0 Å². The summed E-state index contributed by atoms with van der Waals surface area (Å²) in [6.45, 7) is 1.83. The maximum absolute atomic E-state index is 12.2. The van der Waals surface area contributed by atoms with Crippen molar-refractivity contribution in [3.8, 4) is 5.69 Å². The van der Waals surface area contributed by atoms with Crippen molar-refractivity contribution in [2.24, 2.45) is 0 Å². The zero-order valence-corrected chi connectivity index (χ0v) is 12.3. The first-order chi connectivity index (χ1) is 9.99. The molecule has 2 aromatic rings. The minimum atomic E-state index is -0.104. The molecule has 2 rings (SSSR count). The first-order valence-corrected chi connectivity index (χ1v) is 6.57. The molecule has 0 atom stereocenters. The molecule has 1 aromatic heterocycles. The van der Waals surface area contributed by atoms with Gasteiger partial charge in [0.15, 0.2) is 0 Å². The highest BCUT2D eigenvalue weighted by Crippen LogP contribution is 2.16. The van der Waals surface area contributed by atoms with Gasteiger partial charge in [0.1, 0.15) is 0 Å². The molecule has 6 heteroatoms. The van der Waals surface area contributed by atoms with E-state index in [1.807, 2.05) is 18.2 Å². The van der Waals surface area contributed by atoms with Gasteiger partial charge in [-0.2, -0.15) is 0 Å². The summed E-state index contributed by atoms with van der Waals surface area (Å²) in [6, 6.07) is 7.34. The Morgan fingerprint density at radius 1 is 1.29 bits per heavy atom. The Kier molecular flexibility index (Phi) is 4.37. The van der Waals surface area contributed by atoms with Crippen LogP contribution in [0.2, 0.25) is 0 Å². The molecular formula is C15H18N4O2. The number of carbonyl (C=O) groups excluding carboxylic acids is 2. The van der Waals surface area contributed by atoms with Crippen LogP contribution < -0.4 is 5.32 Å². The minimum Gasteiger partial charge on any atom is -0.351 e. The van der Waals surface area contributed by atoms with Crippen LogP contribution in [0.3, 0.4) is 0 Å². The molecule has 0 aliphatic rings. The van der Waals surface area contributed by atoms with Gasteiger partial charge < -0.3 is 14.8 Å². The zero-order chi connectivity index (χ0) is 15.4. The molecule has 0 bridgehead atoms. The van der Waals surface area contributed by atoms with Crippen LogP contribution in [0.1, 0.15) is 23.0 Å². The molecule has 0 radical (unpaired) electrons. The van der Waals surface area contributed by atoms with E-state index in [9.17, 15) is 9.59 Å². The fourth-order valence-electron chi connectivity index (χ4n) is 1.92. The van der Waals surface area contributed by atoms with Crippen molar-refractivity contribution in [2.45, 2.75) is 13.5 Å². The Balaban J connectivity index is 2.30. The monoisotopic (exact) mass is 286 g/mol. The predicted octanol–water partition coefficient (Wildman–Crippen LogP) is 1.21. The Hall–Kier alpha value is -2.63. The van der Waals surface area contributed by atoms with Gasteiger partial charge in [-0.15, -0.1) is 0 Å². The molecular weight excluding hydrogens is 268 g/mol. The van der Waals surface area contributed by atoms with Crippen LogP contribution in [-0.4, -0.2) is 40.4 Å². The topological polar surface area (TPSA) is 67.2 Å².